The summed E-state index contributed by atoms with van der Waals surface area (Å²) in [5.74, 6) is -0.251. The molecule has 0 bridgehead atoms. The van der Waals surface area contributed by atoms with Crippen LogP contribution in [0.25, 0.3) is 0 Å². The Labute approximate surface area is 126 Å². The number of nitrogens with zero attached hydrogens (tertiary/aromatic N) is 1. The molecule has 0 heterocycles. The summed E-state index contributed by atoms with van der Waals surface area (Å²) in [6.45, 7) is 0. The Morgan fingerprint density at radius 1 is 1.36 bits per heavy atom. The van der Waals surface area contributed by atoms with E-state index in [-0.39, 0.29) is 34.7 Å². The quantitative estimate of drug-likeness (QED) is 0.483. The smallest absolute Gasteiger partial charge is 0.310 e. The average molecular weight is 301 g/mol. The van der Waals surface area contributed by atoms with E-state index in [0.717, 1.165) is 12.0 Å². The molecule has 6 heteroatoms. The number of esters is 1. The molecule has 0 aromatic heterocycles. The number of hydrogen-bond acceptors (Lipinski definition) is 5. The summed E-state index contributed by atoms with van der Waals surface area (Å²) >= 11 is 0. The topological polar surface area (TPSA) is 86.5 Å². The van der Waals surface area contributed by atoms with Gasteiger partial charge in [-0.1, -0.05) is 12.1 Å². The van der Waals surface area contributed by atoms with Gasteiger partial charge in [0.1, 0.15) is 5.78 Å². The van der Waals surface area contributed by atoms with Crippen LogP contribution in [0.4, 0.5) is 5.69 Å². The third-order valence-corrected chi connectivity index (χ3v) is 5.83. The summed E-state index contributed by atoms with van der Waals surface area (Å²) in [7, 11) is 1.35. The average Bonchev–Trinajstić information content (AvgIpc) is 3.20. The molecule has 114 valence electrons. The van der Waals surface area contributed by atoms with E-state index in [4.69, 9.17) is 4.74 Å². The fourth-order valence-electron chi connectivity index (χ4n) is 4.80. The highest BCUT2D eigenvalue weighted by Crippen LogP contribution is 2.75. The van der Waals surface area contributed by atoms with E-state index in [1.807, 2.05) is 0 Å². The fraction of sp³-hybridized carbons (Fsp3) is 0.500. The fourth-order valence-corrected chi connectivity index (χ4v) is 4.80. The van der Waals surface area contributed by atoms with Crippen molar-refractivity contribution in [2.75, 3.05) is 7.11 Å². The van der Waals surface area contributed by atoms with Gasteiger partial charge in [-0.05, 0) is 23.8 Å². The Morgan fingerprint density at radius 2 is 2.05 bits per heavy atom. The minimum Gasteiger partial charge on any atom is -0.469 e. The van der Waals surface area contributed by atoms with Crippen molar-refractivity contribution in [3.63, 3.8) is 0 Å². The molecule has 4 rings (SSSR count). The van der Waals surface area contributed by atoms with E-state index in [1.54, 1.807) is 12.1 Å². The minimum atomic E-state index is -0.439. The van der Waals surface area contributed by atoms with Gasteiger partial charge in [-0.25, -0.2) is 0 Å². The highest BCUT2D eigenvalue weighted by atomic mass is 16.6. The number of benzene rings is 1. The first-order valence-corrected chi connectivity index (χ1v) is 7.36. The van der Waals surface area contributed by atoms with Gasteiger partial charge < -0.3 is 4.74 Å². The molecule has 0 aliphatic heterocycles. The molecule has 0 saturated heterocycles. The number of carbonyl (C=O) groups is 2. The van der Waals surface area contributed by atoms with Gasteiger partial charge in [0, 0.05) is 29.9 Å². The van der Waals surface area contributed by atoms with E-state index in [1.165, 1.54) is 19.2 Å². The zero-order chi connectivity index (χ0) is 15.6. The summed E-state index contributed by atoms with van der Waals surface area (Å²) in [6, 6.07) is 6.39. The lowest BCUT2D eigenvalue weighted by Crippen LogP contribution is -2.44. The van der Waals surface area contributed by atoms with Crippen LogP contribution in [0, 0.1) is 33.8 Å². The van der Waals surface area contributed by atoms with Crippen LogP contribution in [-0.4, -0.2) is 23.8 Å². The number of hydrogen-bond donors (Lipinski definition) is 0. The second-order valence-electron chi connectivity index (χ2n) is 6.52. The lowest BCUT2D eigenvalue weighted by molar-refractivity contribution is -0.384. The highest BCUT2D eigenvalue weighted by Gasteiger charge is 2.77. The van der Waals surface area contributed by atoms with Crippen LogP contribution in [-0.2, 0) is 19.7 Å². The third kappa shape index (κ3) is 1.44. The van der Waals surface area contributed by atoms with Gasteiger partial charge in [0.25, 0.3) is 5.69 Å². The number of Topliss-reactive ketones (excluding diaryl/α,β-unsaturated/α-hetero) is 1. The molecule has 0 N–H and O–H groups in total. The molecule has 0 radical (unpaired) electrons. The van der Waals surface area contributed by atoms with E-state index in [2.05, 4.69) is 0 Å². The van der Waals surface area contributed by atoms with Gasteiger partial charge in [0.15, 0.2) is 0 Å². The molecule has 3 aliphatic carbocycles. The Balaban J connectivity index is 1.75. The maximum atomic E-state index is 12.3. The Kier molecular flexibility index (Phi) is 2.53. The van der Waals surface area contributed by atoms with E-state index >= 15 is 0 Å². The van der Waals surface area contributed by atoms with Crippen molar-refractivity contribution in [2.45, 2.75) is 18.3 Å². The highest BCUT2D eigenvalue weighted by molar-refractivity contribution is 5.95. The maximum Gasteiger partial charge on any atom is 0.310 e. The number of nitro benzene ring substituents is 1. The summed E-state index contributed by atoms with van der Waals surface area (Å²) in [5, 5.41) is 10.8. The molecule has 3 fully saturated rings. The van der Waals surface area contributed by atoms with Crippen molar-refractivity contribution in [1.29, 1.82) is 0 Å². The van der Waals surface area contributed by atoms with Gasteiger partial charge in [0.2, 0.25) is 0 Å². The summed E-state index contributed by atoms with van der Waals surface area (Å²) < 4.78 is 4.94. The van der Waals surface area contributed by atoms with Crippen LogP contribution in [0.3, 0.4) is 0 Å². The predicted octanol–water partition coefficient (Wildman–Crippen LogP) is 1.86. The normalized spacial score (nSPS) is 37.8. The Bertz CT molecular complexity index is 697. The molecule has 6 nitrogen and oxygen atoms in total. The molecule has 22 heavy (non-hydrogen) atoms. The summed E-state index contributed by atoms with van der Waals surface area (Å²) in [4.78, 5) is 34.5. The summed E-state index contributed by atoms with van der Waals surface area (Å²) in [6.07, 6.45) is 1.41. The van der Waals surface area contributed by atoms with Crippen molar-refractivity contribution in [3.05, 3.63) is 39.9 Å². The minimum absolute atomic E-state index is 0.0315. The molecular formula is C16H15NO5. The largest absolute Gasteiger partial charge is 0.469 e. The number of rotatable bonds is 3. The number of ether oxygens (including phenoxy) is 1. The lowest BCUT2D eigenvalue weighted by Gasteiger charge is -2.35. The van der Waals surface area contributed by atoms with Crippen molar-refractivity contribution in [3.8, 4) is 0 Å². The van der Waals surface area contributed by atoms with Gasteiger partial charge in [-0.2, -0.15) is 0 Å². The van der Waals surface area contributed by atoms with Gasteiger partial charge >= 0.3 is 5.97 Å². The maximum absolute atomic E-state index is 12.3. The first kappa shape index (κ1) is 13.4. The van der Waals surface area contributed by atoms with Crippen molar-refractivity contribution in [2.24, 2.45) is 23.7 Å². The number of methoxy groups -OCH3 is 1. The molecule has 3 saturated carbocycles. The predicted molar refractivity (Wildman–Crippen MR) is 75.0 cm³/mol. The van der Waals surface area contributed by atoms with Crippen LogP contribution in [0.2, 0.25) is 0 Å². The van der Waals surface area contributed by atoms with Crippen LogP contribution in [0.5, 0.6) is 0 Å². The zero-order valence-electron chi connectivity index (χ0n) is 12.0. The van der Waals surface area contributed by atoms with Crippen LogP contribution in [0.15, 0.2) is 24.3 Å². The molecule has 5 atom stereocenters. The second kappa shape index (κ2) is 4.15. The molecule has 0 amide bonds. The standard InChI is InChI=1S/C16H15NO5/c1-22-15(19)14-13-10(6-12(13)18)11-7-16(11,14)8-2-4-9(5-3-8)17(20)21/h2-5,10-11,13-14H,6-7H2,1H3/t10-,11?,13?,14-,16?/m0/s1. The van der Waals surface area contributed by atoms with Gasteiger partial charge in [-0.15, -0.1) is 0 Å². The number of fused-ring (bicyclic) bond motifs is 3. The first-order valence-electron chi connectivity index (χ1n) is 7.36. The number of carbonyl (C=O) groups excluding carboxylic acids is 2. The number of nitro groups is 1. The van der Waals surface area contributed by atoms with Crippen molar-refractivity contribution >= 4 is 17.4 Å². The van der Waals surface area contributed by atoms with E-state index in [0.29, 0.717) is 12.3 Å². The molecule has 0 spiro atoms. The van der Waals surface area contributed by atoms with Crippen LogP contribution >= 0.6 is 0 Å². The molecule has 1 aromatic carbocycles. The summed E-state index contributed by atoms with van der Waals surface area (Å²) in [5.41, 5.74) is 0.591. The third-order valence-electron chi connectivity index (χ3n) is 5.83. The molecular weight excluding hydrogens is 286 g/mol. The monoisotopic (exact) mass is 301 g/mol. The van der Waals surface area contributed by atoms with Crippen molar-refractivity contribution in [1.82, 2.24) is 0 Å². The van der Waals surface area contributed by atoms with E-state index < -0.39 is 10.8 Å². The van der Waals surface area contributed by atoms with Crippen molar-refractivity contribution < 1.29 is 19.2 Å². The van der Waals surface area contributed by atoms with Gasteiger partial charge in [0.05, 0.1) is 18.0 Å². The lowest BCUT2D eigenvalue weighted by atomic mass is 9.66. The molecule has 1 aromatic rings. The Hall–Kier alpha value is -2.24. The first-order chi connectivity index (χ1) is 10.5. The molecule has 3 unspecified atom stereocenters. The Morgan fingerprint density at radius 3 is 2.59 bits per heavy atom. The SMILES string of the molecule is COC(=O)[C@@H]1C2C(=O)C[C@H]2C2CC21c1ccc([N+](=O)[O-])cc1. The zero-order valence-corrected chi connectivity index (χ0v) is 12.0. The number of non-ortho nitro benzene ring substituents is 1. The molecule has 3 aliphatic rings. The second-order valence-corrected chi connectivity index (χ2v) is 6.52. The number of ketones is 1. The van der Waals surface area contributed by atoms with Crippen LogP contribution in [0.1, 0.15) is 18.4 Å². The van der Waals surface area contributed by atoms with Crippen LogP contribution < -0.4 is 0 Å². The van der Waals surface area contributed by atoms with Gasteiger partial charge in [-0.3, -0.25) is 19.7 Å². The van der Waals surface area contributed by atoms with E-state index in [9.17, 15) is 19.7 Å².